The van der Waals surface area contributed by atoms with E-state index in [2.05, 4.69) is 49.2 Å². The molecule has 0 saturated carbocycles. The van der Waals surface area contributed by atoms with Crippen LogP contribution in [-0.4, -0.2) is 18.5 Å². The first-order valence-electron chi connectivity index (χ1n) is 5.34. The first-order valence-corrected chi connectivity index (χ1v) is 5.34. The monoisotopic (exact) mass is 190 g/mol. The zero-order valence-electron chi connectivity index (χ0n) is 9.08. The highest BCUT2D eigenvalue weighted by Gasteiger charge is 1.98. The Bertz CT molecular complexity index is 230. The van der Waals surface area contributed by atoms with E-state index in [1.807, 2.05) is 0 Å². The van der Waals surface area contributed by atoms with Gasteiger partial charge >= 0.3 is 0 Å². The number of nitrogens with zero attached hydrogens (tertiary/aromatic N) is 1. The molecule has 0 atom stereocenters. The smallest absolute Gasteiger partial charge is 0.0230 e. The zero-order chi connectivity index (χ0) is 10.2. The van der Waals surface area contributed by atoms with Gasteiger partial charge in [-0.2, -0.15) is 0 Å². The van der Waals surface area contributed by atoms with Crippen LogP contribution < -0.4 is 0 Å². The molecular weight excluding hydrogens is 170 g/mol. The molecule has 0 aliphatic heterocycles. The minimum Gasteiger partial charge on any atom is -0.302 e. The topological polar surface area (TPSA) is 3.24 Å². The molecule has 77 valence electrons. The Morgan fingerprint density at radius 2 is 1.86 bits per heavy atom. The van der Waals surface area contributed by atoms with Crippen LogP contribution in [0.2, 0.25) is 0 Å². The highest BCUT2D eigenvalue weighted by atomic mass is 15.1. The van der Waals surface area contributed by atoms with Crippen molar-refractivity contribution in [3.8, 4) is 0 Å². The summed E-state index contributed by atoms with van der Waals surface area (Å²) in [6.45, 7) is 6.07. The van der Waals surface area contributed by atoms with Gasteiger partial charge in [0.2, 0.25) is 0 Å². The van der Waals surface area contributed by atoms with Crippen LogP contribution >= 0.6 is 0 Å². The van der Waals surface area contributed by atoms with Crippen LogP contribution in [0.5, 0.6) is 0 Å². The third-order valence-electron chi connectivity index (χ3n) is 2.34. The molecule has 1 rings (SSSR count). The fraction of sp³-hybridized carbons (Fsp3) is 0.462. The summed E-state index contributed by atoms with van der Waals surface area (Å²) in [5, 5.41) is 0. The molecule has 0 aliphatic rings. The van der Waals surface area contributed by atoms with Crippen LogP contribution in [-0.2, 0) is 6.54 Å². The molecule has 1 nitrogen and oxygen atoms in total. The largest absolute Gasteiger partial charge is 0.302 e. The summed E-state index contributed by atoms with van der Waals surface area (Å²) >= 11 is 0. The van der Waals surface area contributed by atoms with Gasteiger partial charge in [-0.3, -0.25) is 0 Å². The number of unbranched alkanes of at least 4 members (excludes halogenated alkanes) is 2. The van der Waals surface area contributed by atoms with Crippen molar-refractivity contribution in [1.29, 1.82) is 0 Å². The summed E-state index contributed by atoms with van der Waals surface area (Å²) in [6.07, 6.45) is 3.55. The summed E-state index contributed by atoms with van der Waals surface area (Å²) in [5.41, 5.74) is 1.39. The van der Waals surface area contributed by atoms with Crippen LogP contribution in [0.1, 0.15) is 24.8 Å². The van der Waals surface area contributed by atoms with Gasteiger partial charge in [0, 0.05) is 6.54 Å². The average molecular weight is 190 g/mol. The molecule has 0 aliphatic carbocycles. The standard InChI is InChI=1S/C13H20N/c1-3-4-8-11-14(2)12-13-9-6-5-7-10-13/h5-7,9-10H,1,3-4,8,11-12H2,2H3. The molecule has 1 aromatic carbocycles. The molecule has 0 unspecified atom stereocenters. The first kappa shape index (κ1) is 11.3. The second-order valence-corrected chi connectivity index (χ2v) is 3.78. The van der Waals surface area contributed by atoms with Gasteiger partial charge in [-0.25, -0.2) is 0 Å². The summed E-state index contributed by atoms with van der Waals surface area (Å²) < 4.78 is 0. The van der Waals surface area contributed by atoms with Gasteiger partial charge in [0.15, 0.2) is 0 Å². The van der Waals surface area contributed by atoms with Crippen molar-refractivity contribution >= 4 is 0 Å². The van der Waals surface area contributed by atoms with Crippen LogP contribution in [0.3, 0.4) is 0 Å². The van der Waals surface area contributed by atoms with E-state index in [-0.39, 0.29) is 0 Å². The lowest BCUT2D eigenvalue weighted by Crippen LogP contribution is -2.18. The molecule has 0 bridgehead atoms. The lowest BCUT2D eigenvalue weighted by atomic mass is 10.2. The van der Waals surface area contributed by atoms with E-state index in [0.717, 1.165) is 13.0 Å². The molecule has 1 aromatic rings. The van der Waals surface area contributed by atoms with Crippen molar-refractivity contribution in [2.75, 3.05) is 13.6 Å². The van der Waals surface area contributed by atoms with E-state index in [1.165, 1.54) is 24.9 Å². The van der Waals surface area contributed by atoms with E-state index in [0.29, 0.717) is 0 Å². The quantitative estimate of drug-likeness (QED) is 0.623. The van der Waals surface area contributed by atoms with Gasteiger partial charge in [0.25, 0.3) is 0 Å². The van der Waals surface area contributed by atoms with Gasteiger partial charge < -0.3 is 4.90 Å². The first-order chi connectivity index (χ1) is 6.83. The SMILES string of the molecule is [CH2]CCCCN(C)Cc1ccccc1. The molecule has 0 aromatic heterocycles. The molecule has 0 saturated heterocycles. The lowest BCUT2D eigenvalue weighted by molar-refractivity contribution is 0.319. The highest BCUT2D eigenvalue weighted by Crippen LogP contribution is 2.04. The van der Waals surface area contributed by atoms with Gasteiger partial charge in [-0.05, 0) is 25.6 Å². The summed E-state index contributed by atoms with van der Waals surface area (Å²) in [4.78, 5) is 2.37. The number of benzene rings is 1. The van der Waals surface area contributed by atoms with Crippen molar-refractivity contribution in [3.05, 3.63) is 42.8 Å². The number of hydrogen-bond acceptors (Lipinski definition) is 1. The van der Waals surface area contributed by atoms with E-state index in [1.54, 1.807) is 0 Å². The van der Waals surface area contributed by atoms with Crippen LogP contribution in [0.25, 0.3) is 0 Å². The van der Waals surface area contributed by atoms with E-state index < -0.39 is 0 Å². The molecule has 1 heteroatoms. The van der Waals surface area contributed by atoms with Crippen LogP contribution in [0.4, 0.5) is 0 Å². The third-order valence-corrected chi connectivity index (χ3v) is 2.34. The summed E-state index contributed by atoms with van der Waals surface area (Å²) in [7, 11) is 2.18. The Morgan fingerprint density at radius 3 is 2.50 bits per heavy atom. The van der Waals surface area contributed by atoms with Crippen molar-refractivity contribution in [2.24, 2.45) is 0 Å². The second kappa shape index (κ2) is 6.61. The Labute approximate surface area is 87.7 Å². The lowest BCUT2D eigenvalue weighted by Gasteiger charge is -2.16. The molecular formula is C13H20N. The molecule has 0 spiro atoms. The predicted molar refractivity (Wildman–Crippen MR) is 62.0 cm³/mol. The Morgan fingerprint density at radius 1 is 1.14 bits per heavy atom. The van der Waals surface area contributed by atoms with Crippen molar-refractivity contribution in [2.45, 2.75) is 25.8 Å². The normalized spacial score (nSPS) is 10.8. The van der Waals surface area contributed by atoms with Crippen LogP contribution in [0, 0.1) is 6.92 Å². The second-order valence-electron chi connectivity index (χ2n) is 3.78. The molecule has 0 heterocycles. The zero-order valence-corrected chi connectivity index (χ0v) is 9.08. The molecule has 14 heavy (non-hydrogen) atoms. The van der Waals surface area contributed by atoms with Gasteiger partial charge in [-0.1, -0.05) is 50.1 Å². The van der Waals surface area contributed by atoms with E-state index in [4.69, 9.17) is 0 Å². The Kier molecular flexibility index (Phi) is 5.31. The maximum atomic E-state index is 3.85. The van der Waals surface area contributed by atoms with Crippen molar-refractivity contribution in [3.63, 3.8) is 0 Å². The predicted octanol–water partition coefficient (Wildman–Crippen LogP) is 3.12. The van der Waals surface area contributed by atoms with Crippen LogP contribution in [0.15, 0.2) is 30.3 Å². The summed E-state index contributed by atoms with van der Waals surface area (Å²) in [5.74, 6) is 0. The third kappa shape index (κ3) is 4.43. The molecule has 0 fully saturated rings. The van der Waals surface area contributed by atoms with Crippen molar-refractivity contribution < 1.29 is 0 Å². The Balaban J connectivity index is 2.23. The minimum atomic E-state index is 1.05. The fourth-order valence-electron chi connectivity index (χ4n) is 1.53. The van der Waals surface area contributed by atoms with Gasteiger partial charge in [-0.15, -0.1) is 0 Å². The van der Waals surface area contributed by atoms with Gasteiger partial charge in [0.05, 0.1) is 0 Å². The minimum absolute atomic E-state index is 1.05. The van der Waals surface area contributed by atoms with Gasteiger partial charge in [0.1, 0.15) is 0 Å². The Hall–Kier alpha value is -0.820. The molecule has 0 N–H and O–H groups in total. The number of hydrogen-bond donors (Lipinski definition) is 0. The molecule has 0 amide bonds. The average Bonchev–Trinajstić information content (AvgIpc) is 2.20. The van der Waals surface area contributed by atoms with E-state index >= 15 is 0 Å². The molecule has 1 radical (unpaired) electrons. The maximum Gasteiger partial charge on any atom is 0.0230 e. The fourth-order valence-corrected chi connectivity index (χ4v) is 1.53. The number of rotatable bonds is 6. The summed E-state index contributed by atoms with van der Waals surface area (Å²) in [6, 6.07) is 10.6. The maximum absolute atomic E-state index is 3.85. The van der Waals surface area contributed by atoms with Crippen molar-refractivity contribution in [1.82, 2.24) is 4.90 Å². The highest BCUT2D eigenvalue weighted by molar-refractivity contribution is 5.14. The van der Waals surface area contributed by atoms with E-state index in [9.17, 15) is 0 Å².